The maximum atomic E-state index is 12.8. The van der Waals surface area contributed by atoms with Crippen LogP contribution in [0.15, 0.2) is 47.9 Å². The fraction of sp³-hybridized carbons (Fsp3) is 0.400. The normalized spacial score (nSPS) is 17.5. The molecule has 3 heterocycles. The minimum absolute atomic E-state index is 0.0423. The lowest BCUT2D eigenvalue weighted by molar-refractivity contribution is 0.590. The molecular weight excluding hydrogens is 340 g/mol. The molecule has 0 radical (unpaired) electrons. The van der Waals surface area contributed by atoms with Gasteiger partial charge in [-0.25, -0.2) is 15.0 Å². The number of anilines is 2. The first kappa shape index (κ1) is 16.2. The van der Waals surface area contributed by atoms with E-state index < -0.39 is 0 Å². The lowest BCUT2D eigenvalue weighted by atomic mass is 10.2. The van der Waals surface area contributed by atoms with Gasteiger partial charge in [-0.1, -0.05) is 0 Å². The van der Waals surface area contributed by atoms with E-state index in [4.69, 9.17) is 0 Å². The maximum absolute atomic E-state index is 12.8. The molecular formula is C20H22N6O. The van der Waals surface area contributed by atoms with Gasteiger partial charge in [-0.05, 0) is 37.0 Å². The Kier molecular flexibility index (Phi) is 3.99. The van der Waals surface area contributed by atoms with E-state index >= 15 is 0 Å². The third kappa shape index (κ3) is 3.25. The van der Waals surface area contributed by atoms with E-state index in [1.165, 1.54) is 18.5 Å². The topological polar surface area (TPSA) is 67.2 Å². The second kappa shape index (κ2) is 6.64. The predicted molar refractivity (Wildman–Crippen MR) is 105 cm³/mol. The van der Waals surface area contributed by atoms with Crippen LogP contribution < -0.4 is 15.4 Å². The Bertz CT molecular complexity index is 1020. The van der Waals surface area contributed by atoms with E-state index in [0.29, 0.717) is 11.7 Å². The van der Waals surface area contributed by atoms with Crippen LogP contribution in [0.5, 0.6) is 0 Å². The molecule has 7 heteroatoms. The van der Waals surface area contributed by atoms with Crippen molar-refractivity contribution in [2.45, 2.75) is 19.4 Å². The number of benzene rings is 1. The fourth-order valence-corrected chi connectivity index (χ4v) is 3.72. The van der Waals surface area contributed by atoms with Crippen molar-refractivity contribution in [2.75, 3.05) is 36.0 Å². The second-order valence-corrected chi connectivity index (χ2v) is 7.39. The number of fused-ring (bicyclic) bond motifs is 1. The summed E-state index contributed by atoms with van der Waals surface area (Å²) in [5, 5.41) is 1.05. The van der Waals surface area contributed by atoms with Crippen LogP contribution in [0.4, 0.5) is 11.5 Å². The average molecular weight is 362 g/mol. The SMILES string of the molecule is O=c1c(N2CCN(c3ccc4ncncc4c3)CC2)nccn1CC1CC1. The minimum atomic E-state index is 0.0423. The number of hydrogen-bond donors (Lipinski definition) is 0. The molecule has 138 valence electrons. The molecule has 2 aliphatic rings. The van der Waals surface area contributed by atoms with Crippen molar-refractivity contribution in [2.24, 2.45) is 5.92 Å². The van der Waals surface area contributed by atoms with Crippen LogP contribution in [0, 0.1) is 5.92 Å². The predicted octanol–water partition coefficient (Wildman–Crippen LogP) is 1.92. The third-order valence-electron chi connectivity index (χ3n) is 5.48. The number of hydrogen-bond acceptors (Lipinski definition) is 6. The van der Waals surface area contributed by atoms with Crippen molar-refractivity contribution in [1.82, 2.24) is 19.5 Å². The number of piperazine rings is 1. The molecule has 0 spiro atoms. The smallest absolute Gasteiger partial charge is 0.293 e. The summed E-state index contributed by atoms with van der Waals surface area (Å²) in [5.74, 6) is 1.26. The molecule has 27 heavy (non-hydrogen) atoms. The highest BCUT2D eigenvalue weighted by atomic mass is 16.1. The second-order valence-electron chi connectivity index (χ2n) is 7.39. The summed E-state index contributed by atoms with van der Waals surface area (Å²) in [6.07, 6.45) is 9.47. The molecule has 2 fully saturated rings. The van der Waals surface area contributed by atoms with Gasteiger partial charge in [-0.15, -0.1) is 0 Å². The molecule has 2 aromatic heterocycles. The molecule has 0 bridgehead atoms. The highest BCUT2D eigenvalue weighted by molar-refractivity contribution is 5.81. The highest BCUT2D eigenvalue weighted by Gasteiger charge is 2.25. The van der Waals surface area contributed by atoms with Crippen LogP contribution in [0.25, 0.3) is 10.9 Å². The molecule has 1 aromatic carbocycles. The lowest BCUT2D eigenvalue weighted by Gasteiger charge is -2.36. The van der Waals surface area contributed by atoms with Crippen molar-refractivity contribution in [3.63, 3.8) is 0 Å². The van der Waals surface area contributed by atoms with Crippen molar-refractivity contribution < 1.29 is 0 Å². The Labute approximate surface area is 157 Å². The zero-order chi connectivity index (χ0) is 18.2. The largest absolute Gasteiger partial charge is 0.368 e. The Balaban J connectivity index is 1.31. The monoisotopic (exact) mass is 362 g/mol. The molecule has 1 saturated heterocycles. The van der Waals surface area contributed by atoms with Gasteiger partial charge in [0, 0.05) is 62.4 Å². The summed E-state index contributed by atoms with van der Waals surface area (Å²) in [4.78, 5) is 30.0. The van der Waals surface area contributed by atoms with Gasteiger partial charge in [0.2, 0.25) is 0 Å². The van der Waals surface area contributed by atoms with Gasteiger partial charge in [0.1, 0.15) is 6.33 Å². The van der Waals surface area contributed by atoms with E-state index in [-0.39, 0.29) is 5.56 Å². The number of aromatic nitrogens is 4. The van der Waals surface area contributed by atoms with Crippen LogP contribution >= 0.6 is 0 Å². The molecule has 3 aromatic rings. The van der Waals surface area contributed by atoms with Crippen molar-refractivity contribution >= 4 is 22.4 Å². The molecule has 0 atom stereocenters. The van der Waals surface area contributed by atoms with Gasteiger partial charge < -0.3 is 14.4 Å². The Morgan fingerprint density at radius 1 is 1.04 bits per heavy atom. The van der Waals surface area contributed by atoms with Crippen LogP contribution in [0.2, 0.25) is 0 Å². The van der Waals surface area contributed by atoms with Gasteiger partial charge in [-0.3, -0.25) is 4.79 Å². The zero-order valence-corrected chi connectivity index (χ0v) is 15.2. The van der Waals surface area contributed by atoms with Crippen LogP contribution in [0.1, 0.15) is 12.8 Å². The fourth-order valence-electron chi connectivity index (χ4n) is 3.72. The van der Waals surface area contributed by atoms with E-state index in [1.54, 1.807) is 12.5 Å². The molecule has 1 saturated carbocycles. The first-order valence-electron chi connectivity index (χ1n) is 9.53. The first-order valence-corrected chi connectivity index (χ1v) is 9.53. The summed E-state index contributed by atoms with van der Waals surface area (Å²) < 4.78 is 1.83. The molecule has 0 N–H and O–H groups in total. The van der Waals surface area contributed by atoms with Crippen molar-refractivity contribution in [3.05, 3.63) is 53.5 Å². The molecule has 0 amide bonds. The molecule has 1 aliphatic heterocycles. The lowest BCUT2D eigenvalue weighted by Crippen LogP contribution is -2.48. The molecule has 0 unspecified atom stereocenters. The summed E-state index contributed by atoms with van der Waals surface area (Å²) in [6, 6.07) is 6.27. The summed E-state index contributed by atoms with van der Waals surface area (Å²) in [5.41, 5.74) is 2.17. The van der Waals surface area contributed by atoms with Crippen LogP contribution in [-0.2, 0) is 6.54 Å². The van der Waals surface area contributed by atoms with E-state index in [1.807, 2.05) is 23.0 Å². The van der Waals surface area contributed by atoms with E-state index in [2.05, 4.69) is 36.9 Å². The molecule has 7 nitrogen and oxygen atoms in total. The van der Waals surface area contributed by atoms with Gasteiger partial charge >= 0.3 is 0 Å². The van der Waals surface area contributed by atoms with Crippen LogP contribution in [0.3, 0.4) is 0 Å². The first-order chi connectivity index (χ1) is 13.3. The third-order valence-corrected chi connectivity index (χ3v) is 5.48. The standard InChI is InChI=1S/C20H22N6O/c27-20-19(22-5-6-26(20)13-15-1-2-15)25-9-7-24(8-10-25)17-3-4-18-16(11-17)12-21-14-23-18/h3-6,11-12,14-15H,1-2,7-10,13H2. The van der Waals surface area contributed by atoms with Crippen molar-refractivity contribution in [3.8, 4) is 0 Å². The van der Waals surface area contributed by atoms with Crippen LogP contribution in [-0.4, -0.2) is 45.7 Å². The zero-order valence-electron chi connectivity index (χ0n) is 15.2. The van der Waals surface area contributed by atoms with Gasteiger partial charge in [0.15, 0.2) is 5.82 Å². The Morgan fingerprint density at radius 2 is 1.85 bits per heavy atom. The van der Waals surface area contributed by atoms with Gasteiger partial charge in [0.05, 0.1) is 5.52 Å². The number of nitrogens with zero attached hydrogens (tertiary/aromatic N) is 6. The van der Waals surface area contributed by atoms with E-state index in [9.17, 15) is 4.79 Å². The minimum Gasteiger partial charge on any atom is -0.368 e. The van der Waals surface area contributed by atoms with Gasteiger partial charge in [-0.2, -0.15) is 0 Å². The quantitative estimate of drug-likeness (QED) is 0.706. The average Bonchev–Trinajstić information content (AvgIpc) is 3.54. The summed E-state index contributed by atoms with van der Waals surface area (Å²) >= 11 is 0. The Hall–Kier alpha value is -2.96. The number of rotatable bonds is 4. The summed E-state index contributed by atoms with van der Waals surface area (Å²) in [6.45, 7) is 4.13. The van der Waals surface area contributed by atoms with Gasteiger partial charge in [0.25, 0.3) is 5.56 Å². The maximum Gasteiger partial charge on any atom is 0.293 e. The molecule has 5 rings (SSSR count). The summed E-state index contributed by atoms with van der Waals surface area (Å²) in [7, 11) is 0. The van der Waals surface area contributed by atoms with Crippen molar-refractivity contribution in [1.29, 1.82) is 0 Å². The Morgan fingerprint density at radius 3 is 2.67 bits per heavy atom. The van der Waals surface area contributed by atoms with E-state index in [0.717, 1.165) is 43.6 Å². The highest BCUT2D eigenvalue weighted by Crippen LogP contribution is 2.30. The molecule has 1 aliphatic carbocycles.